The quantitative estimate of drug-likeness (QED) is 0.506. The number of amides is 1. The normalized spacial score (nSPS) is 28.9. The molecule has 1 spiro atoms. The smallest absolute Gasteiger partial charge is 0.303 e. The molecule has 4 atom stereocenters. The average Bonchev–Trinajstić information content (AvgIpc) is 3.30. The second-order valence-corrected chi connectivity index (χ2v) is 11.3. The van der Waals surface area contributed by atoms with Gasteiger partial charge in [0.2, 0.25) is 5.91 Å². The molecule has 7 heteroatoms. The van der Waals surface area contributed by atoms with Crippen LogP contribution in [0.1, 0.15) is 56.3 Å². The summed E-state index contributed by atoms with van der Waals surface area (Å²) in [7, 11) is 0. The summed E-state index contributed by atoms with van der Waals surface area (Å²) < 4.78 is 13.2. The Labute approximate surface area is 216 Å². The van der Waals surface area contributed by atoms with Crippen molar-refractivity contribution in [1.29, 1.82) is 0 Å². The van der Waals surface area contributed by atoms with Gasteiger partial charge in [-0.1, -0.05) is 36.4 Å². The minimum Gasteiger partial charge on any atom is -0.487 e. The maximum atomic E-state index is 13.5. The first kappa shape index (κ1) is 24.0. The molecule has 3 aromatic rings. The molecule has 3 aliphatic rings. The lowest BCUT2D eigenvalue weighted by molar-refractivity contribution is -0.185. The summed E-state index contributed by atoms with van der Waals surface area (Å²) in [6.07, 6.45) is 5.42. The number of H-pyrrole nitrogens is 1. The number of aromatic nitrogens is 1. The van der Waals surface area contributed by atoms with Gasteiger partial charge in [-0.15, -0.1) is 0 Å². The largest absolute Gasteiger partial charge is 0.487 e. The van der Waals surface area contributed by atoms with Gasteiger partial charge in [0.1, 0.15) is 11.4 Å². The lowest BCUT2D eigenvalue weighted by Gasteiger charge is -2.55. The van der Waals surface area contributed by atoms with Crippen LogP contribution in [-0.4, -0.2) is 52.2 Å². The van der Waals surface area contributed by atoms with E-state index in [2.05, 4.69) is 17.1 Å². The van der Waals surface area contributed by atoms with Gasteiger partial charge in [0.25, 0.3) is 0 Å². The van der Waals surface area contributed by atoms with Crippen LogP contribution in [0.4, 0.5) is 0 Å². The summed E-state index contributed by atoms with van der Waals surface area (Å²) in [5.74, 6) is 0.120. The van der Waals surface area contributed by atoms with Gasteiger partial charge < -0.3 is 24.5 Å². The van der Waals surface area contributed by atoms with E-state index in [1.807, 2.05) is 54.4 Å². The van der Waals surface area contributed by atoms with Crippen molar-refractivity contribution in [2.45, 2.75) is 57.2 Å². The molecule has 2 saturated heterocycles. The van der Waals surface area contributed by atoms with E-state index in [-0.39, 0.29) is 29.8 Å². The molecular formula is C30H34N2O5. The fourth-order valence-corrected chi connectivity index (χ4v) is 6.84. The van der Waals surface area contributed by atoms with Gasteiger partial charge >= 0.3 is 5.97 Å². The number of aliphatic carboxylic acids is 1. The van der Waals surface area contributed by atoms with Crippen LogP contribution in [0.25, 0.3) is 10.9 Å². The van der Waals surface area contributed by atoms with Crippen molar-refractivity contribution in [2.75, 3.05) is 19.7 Å². The zero-order valence-electron chi connectivity index (χ0n) is 21.2. The molecular weight excluding hydrogens is 468 g/mol. The summed E-state index contributed by atoms with van der Waals surface area (Å²) >= 11 is 0. The molecule has 37 heavy (non-hydrogen) atoms. The number of aromatic amines is 1. The summed E-state index contributed by atoms with van der Waals surface area (Å²) in [4.78, 5) is 30.2. The Hall–Kier alpha value is -3.32. The molecule has 7 nitrogen and oxygen atoms in total. The predicted octanol–water partition coefficient (Wildman–Crippen LogP) is 5.11. The minimum absolute atomic E-state index is 0.0131. The summed E-state index contributed by atoms with van der Waals surface area (Å²) in [6.45, 7) is 4.05. The Kier molecular flexibility index (Phi) is 5.98. The van der Waals surface area contributed by atoms with Crippen molar-refractivity contribution in [3.05, 3.63) is 65.9 Å². The fourth-order valence-electron chi connectivity index (χ4n) is 6.84. The molecule has 1 amide bonds. The van der Waals surface area contributed by atoms with Crippen LogP contribution < -0.4 is 4.74 Å². The summed E-state index contributed by atoms with van der Waals surface area (Å²) in [6, 6.07) is 16.0. The number of nitrogens with one attached hydrogen (secondary N) is 1. The van der Waals surface area contributed by atoms with Crippen molar-refractivity contribution < 1.29 is 24.2 Å². The molecule has 2 fully saturated rings. The topological polar surface area (TPSA) is 91.9 Å². The van der Waals surface area contributed by atoms with Gasteiger partial charge in [-0.3, -0.25) is 9.59 Å². The van der Waals surface area contributed by atoms with Crippen molar-refractivity contribution in [3.8, 4) is 5.75 Å². The third-order valence-corrected chi connectivity index (χ3v) is 8.81. The maximum absolute atomic E-state index is 13.5. The van der Waals surface area contributed by atoms with Crippen LogP contribution in [-0.2, 0) is 20.7 Å². The summed E-state index contributed by atoms with van der Waals surface area (Å²) in [5, 5.41) is 10.5. The highest BCUT2D eigenvalue weighted by Gasteiger charge is 2.54. The van der Waals surface area contributed by atoms with Gasteiger partial charge in [-0.05, 0) is 50.3 Å². The Morgan fingerprint density at radius 1 is 1.16 bits per heavy atom. The van der Waals surface area contributed by atoms with E-state index >= 15 is 0 Å². The first-order valence-corrected chi connectivity index (χ1v) is 13.3. The van der Waals surface area contributed by atoms with Crippen molar-refractivity contribution >= 4 is 22.8 Å². The molecule has 3 aliphatic heterocycles. The SMILES string of the molecule is C[C@]1(CCC(=O)O)Oc2ccccc2[C@@H]2OC[C@]3(CCCN(C(=O)Cc4c[nH]c5ccccc45)C3)C[C@H]21. The van der Waals surface area contributed by atoms with Crippen LogP contribution >= 0.6 is 0 Å². The van der Waals surface area contributed by atoms with E-state index in [4.69, 9.17) is 9.47 Å². The zero-order valence-corrected chi connectivity index (χ0v) is 21.2. The van der Waals surface area contributed by atoms with Gasteiger partial charge in [-0.2, -0.15) is 0 Å². The maximum Gasteiger partial charge on any atom is 0.303 e. The molecule has 6 rings (SSSR count). The average molecular weight is 503 g/mol. The fraction of sp³-hybridized carbons (Fsp3) is 0.467. The monoisotopic (exact) mass is 502 g/mol. The lowest BCUT2D eigenvalue weighted by atomic mass is 9.64. The Bertz CT molecular complexity index is 1330. The standard InChI is InChI=1S/C30H34N2O5/c1-29(13-11-27(34)35)23-16-30(19-36-28(23)22-8-3-5-10-25(22)37-29)12-6-14-32(18-30)26(33)15-20-17-31-24-9-4-2-7-21(20)24/h2-5,7-10,17,23,28,31H,6,11-16,18-19H2,1H3,(H,34,35)/t23-,28+,29-,30-/m1/s1. The highest BCUT2D eigenvalue weighted by molar-refractivity contribution is 5.89. The van der Waals surface area contributed by atoms with E-state index in [0.717, 1.165) is 53.6 Å². The molecule has 0 aliphatic carbocycles. The molecule has 0 saturated carbocycles. The Morgan fingerprint density at radius 2 is 1.97 bits per heavy atom. The number of hydrogen-bond donors (Lipinski definition) is 2. The molecule has 0 radical (unpaired) electrons. The van der Waals surface area contributed by atoms with Crippen LogP contribution in [0.2, 0.25) is 0 Å². The van der Waals surface area contributed by atoms with Gasteiger partial charge in [0, 0.05) is 53.5 Å². The number of carboxylic acid groups (broad SMARTS) is 1. The number of ether oxygens (including phenoxy) is 2. The second-order valence-electron chi connectivity index (χ2n) is 11.3. The number of carbonyl (C=O) groups is 2. The molecule has 2 aromatic carbocycles. The zero-order chi connectivity index (χ0) is 25.6. The van der Waals surface area contributed by atoms with E-state index in [1.54, 1.807) is 0 Å². The van der Waals surface area contributed by atoms with E-state index < -0.39 is 11.6 Å². The second kappa shape index (κ2) is 9.21. The highest BCUT2D eigenvalue weighted by atomic mass is 16.5. The van der Waals surface area contributed by atoms with Crippen LogP contribution in [0.5, 0.6) is 5.75 Å². The number of fused-ring (bicyclic) bond motifs is 4. The predicted molar refractivity (Wildman–Crippen MR) is 139 cm³/mol. The first-order chi connectivity index (χ1) is 17.9. The van der Waals surface area contributed by atoms with E-state index in [1.165, 1.54) is 0 Å². The number of likely N-dealkylation sites (tertiary alicyclic amines) is 1. The third kappa shape index (κ3) is 4.39. The summed E-state index contributed by atoms with van der Waals surface area (Å²) in [5.41, 5.74) is 2.30. The number of carbonyl (C=O) groups excluding carboxylic acids is 1. The Balaban J connectivity index is 1.23. The van der Waals surface area contributed by atoms with E-state index in [0.29, 0.717) is 26.0 Å². The molecule has 0 bridgehead atoms. The highest BCUT2D eigenvalue weighted by Crippen LogP contribution is 2.56. The van der Waals surface area contributed by atoms with Crippen molar-refractivity contribution in [1.82, 2.24) is 9.88 Å². The number of carboxylic acids is 1. The minimum atomic E-state index is -0.821. The van der Waals surface area contributed by atoms with E-state index in [9.17, 15) is 14.7 Å². The number of benzene rings is 2. The Morgan fingerprint density at radius 3 is 2.84 bits per heavy atom. The molecule has 1 aromatic heterocycles. The number of nitrogens with zero attached hydrogens (tertiary/aromatic N) is 1. The molecule has 0 unspecified atom stereocenters. The third-order valence-electron chi connectivity index (χ3n) is 8.81. The number of para-hydroxylation sites is 2. The first-order valence-electron chi connectivity index (χ1n) is 13.3. The van der Waals surface area contributed by atoms with Gasteiger partial charge in [-0.25, -0.2) is 0 Å². The molecule has 4 heterocycles. The van der Waals surface area contributed by atoms with Gasteiger partial charge in [0.05, 0.1) is 19.1 Å². The van der Waals surface area contributed by atoms with Crippen LogP contribution in [0, 0.1) is 11.3 Å². The molecule has 2 N–H and O–H groups in total. The number of hydrogen-bond acceptors (Lipinski definition) is 4. The number of rotatable bonds is 5. The molecule has 194 valence electrons. The van der Waals surface area contributed by atoms with Crippen LogP contribution in [0.3, 0.4) is 0 Å². The lowest BCUT2D eigenvalue weighted by Crippen LogP contribution is -2.57. The van der Waals surface area contributed by atoms with Gasteiger partial charge in [0.15, 0.2) is 0 Å². The van der Waals surface area contributed by atoms with Crippen LogP contribution in [0.15, 0.2) is 54.7 Å². The van der Waals surface area contributed by atoms with Crippen molar-refractivity contribution in [2.24, 2.45) is 11.3 Å². The number of piperidine rings is 1. The van der Waals surface area contributed by atoms with Crippen molar-refractivity contribution in [3.63, 3.8) is 0 Å².